The van der Waals surface area contributed by atoms with Crippen LogP contribution in [0.15, 0.2) is 6.07 Å². The van der Waals surface area contributed by atoms with Gasteiger partial charge in [-0.1, -0.05) is 6.92 Å². The zero-order chi connectivity index (χ0) is 14.8. The number of nitrogens with zero attached hydrogens (tertiary/aromatic N) is 3. The van der Waals surface area contributed by atoms with Crippen molar-refractivity contribution in [3.05, 3.63) is 10.9 Å². The highest BCUT2D eigenvalue weighted by Gasteiger charge is 2.23. The molecule has 0 bridgehead atoms. The van der Waals surface area contributed by atoms with E-state index in [2.05, 4.69) is 27.9 Å². The molecule has 1 aliphatic heterocycles. The van der Waals surface area contributed by atoms with E-state index in [1.165, 1.54) is 4.88 Å². The van der Waals surface area contributed by atoms with Crippen molar-refractivity contribution in [3.63, 3.8) is 0 Å². The lowest BCUT2D eigenvalue weighted by Gasteiger charge is -2.33. The van der Waals surface area contributed by atoms with E-state index in [4.69, 9.17) is 10.5 Å². The van der Waals surface area contributed by atoms with E-state index in [-0.39, 0.29) is 0 Å². The van der Waals surface area contributed by atoms with Crippen LogP contribution in [0, 0.1) is 0 Å². The Kier molecular flexibility index (Phi) is 4.26. The number of nitrogen functional groups attached to an aromatic ring is 1. The number of rotatable bonds is 4. The van der Waals surface area contributed by atoms with E-state index in [1.807, 2.05) is 6.92 Å². The van der Waals surface area contributed by atoms with Crippen LogP contribution >= 0.6 is 11.3 Å². The topological polar surface area (TPSA) is 64.3 Å². The normalized spacial score (nSPS) is 19.3. The number of piperidine rings is 1. The van der Waals surface area contributed by atoms with Gasteiger partial charge in [0.25, 0.3) is 0 Å². The van der Waals surface area contributed by atoms with Crippen molar-refractivity contribution in [2.45, 2.75) is 39.2 Å². The molecule has 21 heavy (non-hydrogen) atoms. The van der Waals surface area contributed by atoms with Crippen LogP contribution in [0.4, 0.5) is 11.8 Å². The van der Waals surface area contributed by atoms with Crippen molar-refractivity contribution in [2.75, 3.05) is 30.3 Å². The molecule has 5 nitrogen and oxygen atoms in total. The first-order chi connectivity index (χ1) is 10.2. The Balaban J connectivity index is 1.96. The van der Waals surface area contributed by atoms with Gasteiger partial charge < -0.3 is 15.4 Å². The van der Waals surface area contributed by atoms with Crippen LogP contribution < -0.4 is 10.6 Å². The second-order valence-electron chi connectivity index (χ2n) is 5.36. The van der Waals surface area contributed by atoms with Gasteiger partial charge in [-0.2, -0.15) is 4.98 Å². The molecule has 0 spiro atoms. The van der Waals surface area contributed by atoms with Gasteiger partial charge in [-0.05, 0) is 32.3 Å². The molecule has 114 valence electrons. The Morgan fingerprint density at radius 1 is 1.43 bits per heavy atom. The van der Waals surface area contributed by atoms with Crippen LogP contribution in [0.5, 0.6) is 0 Å². The highest BCUT2D eigenvalue weighted by atomic mass is 32.1. The van der Waals surface area contributed by atoms with E-state index < -0.39 is 0 Å². The molecule has 3 heterocycles. The van der Waals surface area contributed by atoms with Crippen LogP contribution in [-0.2, 0) is 11.2 Å². The number of ether oxygens (including phenoxy) is 1. The van der Waals surface area contributed by atoms with E-state index in [9.17, 15) is 0 Å². The molecule has 2 N–H and O–H groups in total. The summed E-state index contributed by atoms with van der Waals surface area (Å²) < 4.78 is 5.79. The molecule has 3 rings (SSSR count). The molecule has 0 aliphatic carbocycles. The molecule has 2 aromatic heterocycles. The summed E-state index contributed by atoms with van der Waals surface area (Å²) in [5.74, 6) is 1.33. The zero-order valence-electron chi connectivity index (χ0n) is 12.6. The first-order valence-corrected chi connectivity index (χ1v) is 8.45. The largest absolute Gasteiger partial charge is 0.377 e. The number of hydrogen-bond donors (Lipinski definition) is 1. The molecule has 2 aromatic rings. The summed E-state index contributed by atoms with van der Waals surface area (Å²) in [5, 5.41) is 1.13. The minimum atomic E-state index is 0.291. The Morgan fingerprint density at radius 2 is 2.29 bits per heavy atom. The van der Waals surface area contributed by atoms with Gasteiger partial charge in [-0.3, -0.25) is 0 Å². The number of anilines is 2. The Morgan fingerprint density at radius 3 is 3.05 bits per heavy atom. The minimum Gasteiger partial charge on any atom is -0.377 e. The van der Waals surface area contributed by atoms with E-state index in [1.54, 1.807) is 11.3 Å². The van der Waals surface area contributed by atoms with E-state index in [0.717, 1.165) is 55.0 Å². The Bertz CT molecular complexity index is 625. The van der Waals surface area contributed by atoms with Crippen molar-refractivity contribution >= 4 is 33.3 Å². The summed E-state index contributed by atoms with van der Waals surface area (Å²) >= 11 is 1.71. The molecule has 1 aliphatic rings. The summed E-state index contributed by atoms with van der Waals surface area (Å²) in [6.07, 6.45) is 3.56. The fourth-order valence-electron chi connectivity index (χ4n) is 2.89. The van der Waals surface area contributed by atoms with Crippen LogP contribution in [0.1, 0.15) is 31.6 Å². The van der Waals surface area contributed by atoms with E-state index in [0.29, 0.717) is 12.1 Å². The fourth-order valence-corrected chi connectivity index (χ4v) is 3.86. The lowest BCUT2D eigenvalue weighted by atomic mass is 10.1. The average Bonchev–Trinajstić information content (AvgIpc) is 2.90. The maximum Gasteiger partial charge on any atom is 0.223 e. The lowest BCUT2D eigenvalue weighted by Crippen LogP contribution is -2.40. The molecular weight excluding hydrogens is 284 g/mol. The molecule has 1 saturated heterocycles. The Labute approximate surface area is 129 Å². The predicted molar refractivity (Wildman–Crippen MR) is 88.1 cm³/mol. The summed E-state index contributed by atoms with van der Waals surface area (Å²) in [4.78, 5) is 13.5. The molecule has 1 fully saturated rings. The number of hydrogen-bond acceptors (Lipinski definition) is 6. The highest BCUT2D eigenvalue weighted by molar-refractivity contribution is 7.18. The first kappa shape index (κ1) is 14.5. The SMILES string of the molecule is CCOC1CCCN(c2nc(N)nc3sc(CC)cc23)C1. The molecule has 0 saturated carbocycles. The maximum absolute atomic E-state index is 5.90. The van der Waals surface area contributed by atoms with Gasteiger partial charge in [0.15, 0.2) is 0 Å². The molecule has 1 unspecified atom stereocenters. The molecule has 0 aromatic carbocycles. The minimum absolute atomic E-state index is 0.291. The van der Waals surface area contributed by atoms with Crippen LogP contribution in [0.3, 0.4) is 0 Å². The first-order valence-electron chi connectivity index (χ1n) is 7.63. The van der Waals surface area contributed by atoms with Gasteiger partial charge in [0.05, 0.1) is 11.5 Å². The highest BCUT2D eigenvalue weighted by Crippen LogP contribution is 2.33. The van der Waals surface area contributed by atoms with Crippen LogP contribution in [-0.4, -0.2) is 35.8 Å². The summed E-state index contributed by atoms with van der Waals surface area (Å²) in [5.41, 5.74) is 5.90. The third-order valence-corrected chi connectivity index (χ3v) is 5.04. The summed E-state index contributed by atoms with van der Waals surface area (Å²) in [7, 11) is 0. The number of fused-ring (bicyclic) bond motifs is 1. The average molecular weight is 306 g/mol. The number of nitrogens with two attached hydrogens (primary N) is 1. The van der Waals surface area contributed by atoms with Crippen molar-refractivity contribution in [3.8, 4) is 0 Å². The number of aryl methyl sites for hydroxylation is 1. The van der Waals surface area contributed by atoms with Gasteiger partial charge in [0.2, 0.25) is 5.95 Å². The van der Waals surface area contributed by atoms with Crippen LogP contribution in [0.2, 0.25) is 0 Å². The van der Waals surface area contributed by atoms with Gasteiger partial charge in [0, 0.05) is 24.6 Å². The molecular formula is C15H22N4OS. The van der Waals surface area contributed by atoms with E-state index >= 15 is 0 Å². The monoisotopic (exact) mass is 306 g/mol. The summed E-state index contributed by atoms with van der Waals surface area (Å²) in [6.45, 7) is 6.86. The standard InChI is InChI=1S/C15H22N4OS/c1-3-11-8-12-13(17-15(16)18-14(12)21-11)19-7-5-6-10(9-19)20-4-2/h8,10H,3-7,9H2,1-2H3,(H2,16,17,18). The van der Waals surface area contributed by atoms with Crippen molar-refractivity contribution in [2.24, 2.45) is 0 Å². The van der Waals surface area contributed by atoms with Gasteiger partial charge in [-0.15, -0.1) is 11.3 Å². The third-order valence-electron chi connectivity index (χ3n) is 3.87. The number of aromatic nitrogens is 2. The third kappa shape index (κ3) is 2.96. The van der Waals surface area contributed by atoms with Crippen LogP contribution in [0.25, 0.3) is 10.2 Å². The van der Waals surface area contributed by atoms with Gasteiger partial charge in [-0.25, -0.2) is 4.98 Å². The molecule has 0 radical (unpaired) electrons. The maximum atomic E-state index is 5.90. The number of thiophene rings is 1. The van der Waals surface area contributed by atoms with Gasteiger partial charge in [0.1, 0.15) is 10.6 Å². The van der Waals surface area contributed by atoms with Gasteiger partial charge >= 0.3 is 0 Å². The summed E-state index contributed by atoms with van der Waals surface area (Å²) in [6, 6.07) is 2.21. The molecule has 6 heteroatoms. The van der Waals surface area contributed by atoms with Crippen molar-refractivity contribution < 1.29 is 4.74 Å². The molecule has 1 atom stereocenters. The fraction of sp³-hybridized carbons (Fsp3) is 0.600. The van der Waals surface area contributed by atoms with Crippen molar-refractivity contribution in [1.29, 1.82) is 0 Å². The molecule has 0 amide bonds. The van der Waals surface area contributed by atoms with Crippen molar-refractivity contribution in [1.82, 2.24) is 9.97 Å². The zero-order valence-corrected chi connectivity index (χ0v) is 13.4. The second-order valence-corrected chi connectivity index (χ2v) is 6.47. The smallest absolute Gasteiger partial charge is 0.223 e. The lowest BCUT2D eigenvalue weighted by molar-refractivity contribution is 0.0526. The Hall–Kier alpha value is -1.40. The predicted octanol–water partition coefficient (Wildman–Crippen LogP) is 2.84. The quantitative estimate of drug-likeness (QED) is 0.941. The second kappa shape index (κ2) is 6.15.